The molecule has 0 saturated heterocycles. The van der Waals surface area contributed by atoms with Crippen LogP contribution in [0.5, 0.6) is 0 Å². The number of nitrogens with zero attached hydrogens (tertiary/aromatic N) is 3. The van der Waals surface area contributed by atoms with Crippen molar-refractivity contribution in [1.29, 1.82) is 0 Å². The van der Waals surface area contributed by atoms with Crippen molar-refractivity contribution in [2.75, 3.05) is 26.5 Å². The Morgan fingerprint density at radius 2 is 1.83 bits per heavy atom. The second-order valence-electron chi connectivity index (χ2n) is 7.00. The van der Waals surface area contributed by atoms with E-state index in [1.54, 1.807) is 38.2 Å². The van der Waals surface area contributed by atoms with Gasteiger partial charge in [0.05, 0.1) is 10.0 Å². The third-order valence-corrected chi connectivity index (χ3v) is 5.47. The maximum atomic E-state index is 12.6. The van der Waals surface area contributed by atoms with E-state index in [0.29, 0.717) is 22.3 Å². The quantitative estimate of drug-likeness (QED) is 0.634. The van der Waals surface area contributed by atoms with Crippen molar-refractivity contribution in [2.24, 2.45) is 0 Å². The molecular formula is C21H22Cl2N4O2. The molecule has 0 bridgehead atoms. The van der Waals surface area contributed by atoms with Crippen LogP contribution < -0.4 is 5.32 Å². The number of hydrogen-bond donors (Lipinski definition) is 1. The molecule has 2 aromatic carbocycles. The zero-order chi connectivity index (χ0) is 21.1. The van der Waals surface area contributed by atoms with E-state index in [4.69, 9.17) is 23.2 Å². The smallest absolute Gasteiger partial charge is 0.321 e. The largest absolute Gasteiger partial charge is 0.347 e. The molecule has 1 heterocycles. The molecule has 3 aromatic rings. The molecule has 29 heavy (non-hydrogen) atoms. The summed E-state index contributed by atoms with van der Waals surface area (Å²) in [7, 11) is 5.15. The van der Waals surface area contributed by atoms with Gasteiger partial charge in [-0.3, -0.25) is 4.79 Å². The van der Waals surface area contributed by atoms with Gasteiger partial charge >= 0.3 is 6.03 Å². The molecule has 3 rings (SSSR count). The lowest BCUT2D eigenvalue weighted by molar-refractivity contribution is -0.129. The number of anilines is 1. The Kier molecular flexibility index (Phi) is 6.35. The van der Waals surface area contributed by atoms with E-state index in [9.17, 15) is 9.59 Å². The van der Waals surface area contributed by atoms with Crippen LogP contribution in [0.2, 0.25) is 10.0 Å². The molecule has 0 fully saturated rings. The van der Waals surface area contributed by atoms with Gasteiger partial charge in [0.1, 0.15) is 6.54 Å². The highest BCUT2D eigenvalue weighted by Gasteiger charge is 2.14. The number of carbonyl (C=O) groups excluding carboxylic acids is 2. The van der Waals surface area contributed by atoms with E-state index in [-0.39, 0.29) is 18.5 Å². The predicted molar refractivity (Wildman–Crippen MR) is 118 cm³/mol. The van der Waals surface area contributed by atoms with E-state index in [1.807, 2.05) is 41.1 Å². The van der Waals surface area contributed by atoms with E-state index >= 15 is 0 Å². The van der Waals surface area contributed by atoms with Crippen LogP contribution in [0, 0.1) is 0 Å². The predicted octanol–water partition coefficient (Wildman–Crippen LogP) is 4.70. The Balaban J connectivity index is 1.70. The number of carbonyl (C=O) groups is 2. The van der Waals surface area contributed by atoms with Gasteiger partial charge in [-0.05, 0) is 35.9 Å². The van der Waals surface area contributed by atoms with Gasteiger partial charge in [-0.1, -0.05) is 35.3 Å². The van der Waals surface area contributed by atoms with Gasteiger partial charge < -0.3 is 19.7 Å². The summed E-state index contributed by atoms with van der Waals surface area (Å²) in [6, 6.07) is 12.6. The molecule has 0 radical (unpaired) electrons. The molecule has 1 aromatic heterocycles. The fraction of sp³-hybridized carbons (Fsp3) is 0.238. The minimum absolute atomic E-state index is 0.0150. The minimum atomic E-state index is -0.261. The molecule has 6 nitrogen and oxygen atoms in total. The number of amides is 3. The Hall–Kier alpha value is -2.70. The molecule has 0 spiro atoms. The highest BCUT2D eigenvalue weighted by molar-refractivity contribution is 6.42. The first kappa shape index (κ1) is 21.0. The third kappa shape index (κ3) is 4.83. The van der Waals surface area contributed by atoms with Gasteiger partial charge in [-0.25, -0.2) is 4.79 Å². The average molecular weight is 433 g/mol. The van der Waals surface area contributed by atoms with Crippen LogP contribution in [0.1, 0.15) is 5.56 Å². The molecule has 8 heteroatoms. The monoisotopic (exact) mass is 432 g/mol. The molecule has 0 aliphatic heterocycles. The van der Waals surface area contributed by atoms with Crippen LogP contribution in [-0.2, 0) is 17.9 Å². The van der Waals surface area contributed by atoms with Gasteiger partial charge in [-0.2, -0.15) is 0 Å². The lowest BCUT2D eigenvalue weighted by atomic mass is 10.2. The summed E-state index contributed by atoms with van der Waals surface area (Å²) >= 11 is 12.2. The molecule has 0 saturated carbocycles. The molecule has 0 unspecified atom stereocenters. The normalized spacial score (nSPS) is 10.8. The lowest BCUT2D eigenvalue weighted by Gasteiger charge is -2.19. The standard InChI is InChI=1S/C21H22Cl2N4O2/c1-25(2)19(28)13-27-10-9-14-11-16(7-8-18(14)27)24-21(29)26(3)12-15-5-4-6-17(22)20(15)23/h4-11H,12-13H2,1-3H3,(H,24,29). The highest BCUT2D eigenvalue weighted by Crippen LogP contribution is 2.26. The number of likely N-dealkylation sites (N-methyl/N-ethyl adjacent to an activating group) is 1. The van der Waals surface area contributed by atoms with Crippen LogP contribution in [0.4, 0.5) is 10.5 Å². The fourth-order valence-electron chi connectivity index (χ4n) is 2.92. The summed E-state index contributed by atoms with van der Waals surface area (Å²) in [6.45, 7) is 0.599. The number of benzene rings is 2. The number of halogens is 2. The molecule has 0 aliphatic rings. The summed E-state index contributed by atoms with van der Waals surface area (Å²) in [5, 5.41) is 4.73. The molecule has 3 amide bonds. The van der Waals surface area contributed by atoms with Gasteiger partial charge in [0, 0.05) is 50.5 Å². The van der Waals surface area contributed by atoms with Gasteiger partial charge in [0.25, 0.3) is 0 Å². The number of nitrogens with one attached hydrogen (secondary N) is 1. The fourth-order valence-corrected chi connectivity index (χ4v) is 3.30. The van der Waals surface area contributed by atoms with E-state index in [2.05, 4.69) is 5.32 Å². The van der Waals surface area contributed by atoms with Crippen LogP contribution >= 0.6 is 23.2 Å². The van der Waals surface area contributed by atoms with Crippen molar-refractivity contribution >= 4 is 51.7 Å². The molecular weight excluding hydrogens is 411 g/mol. The second-order valence-corrected chi connectivity index (χ2v) is 7.79. The Labute approximate surface area is 179 Å². The van der Waals surface area contributed by atoms with Crippen LogP contribution in [0.3, 0.4) is 0 Å². The summed E-state index contributed by atoms with van der Waals surface area (Å²) in [4.78, 5) is 27.6. The molecule has 0 atom stereocenters. The van der Waals surface area contributed by atoms with Gasteiger partial charge in [0.2, 0.25) is 5.91 Å². The van der Waals surface area contributed by atoms with Crippen molar-refractivity contribution in [2.45, 2.75) is 13.1 Å². The molecule has 1 N–H and O–H groups in total. The van der Waals surface area contributed by atoms with Crippen molar-refractivity contribution in [1.82, 2.24) is 14.4 Å². The second kappa shape index (κ2) is 8.76. The Bertz CT molecular complexity index is 1060. The summed E-state index contributed by atoms with van der Waals surface area (Å²) in [5.74, 6) is 0.0150. The SMILES string of the molecule is CN(C)C(=O)Cn1ccc2cc(NC(=O)N(C)Cc3cccc(Cl)c3Cl)ccc21. The van der Waals surface area contributed by atoms with Gasteiger partial charge in [0.15, 0.2) is 0 Å². The molecule has 152 valence electrons. The molecule has 0 aliphatic carbocycles. The van der Waals surface area contributed by atoms with E-state index < -0.39 is 0 Å². The van der Waals surface area contributed by atoms with Crippen LogP contribution in [-0.4, -0.2) is 47.4 Å². The van der Waals surface area contributed by atoms with Crippen LogP contribution in [0.15, 0.2) is 48.7 Å². The number of fused-ring (bicyclic) bond motifs is 1. The van der Waals surface area contributed by atoms with Gasteiger partial charge in [-0.15, -0.1) is 0 Å². The Morgan fingerprint density at radius 3 is 2.55 bits per heavy atom. The first-order valence-electron chi connectivity index (χ1n) is 9.00. The highest BCUT2D eigenvalue weighted by atomic mass is 35.5. The van der Waals surface area contributed by atoms with Crippen LogP contribution in [0.25, 0.3) is 10.9 Å². The lowest BCUT2D eigenvalue weighted by Crippen LogP contribution is -2.30. The van der Waals surface area contributed by atoms with Crippen molar-refractivity contribution in [3.05, 3.63) is 64.3 Å². The summed E-state index contributed by atoms with van der Waals surface area (Å²) < 4.78 is 1.89. The third-order valence-electron chi connectivity index (χ3n) is 4.61. The number of hydrogen-bond acceptors (Lipinski definition) is 2. The Morgan fingerprint density at radius 1 is 1.07 bits per heavy atom. The average Bonchev–Trinajstić information content (AvgIpc) is 3.07. The first-order valence-corrected chi connectivity index (χ1v) is 9.76. The van der Waals surface area contributed by atoms with Crippen molar-refractivity contribution in [3.8, 4) is 0 Å². The zero-order valence-corrected chi connectivity index (χ0v) is 18.0. The first-order chi connectivity index (χ1) is 13.8. The maximum absolute atomic E-state index is 12.6. The summed E-state index contributed by atoms with van der Waals surface area (Å²) in [6.07, 6.45) is 1.87. The summed E-state index contributed by atoms with van der Waals surface area (Å²) in [5.41, 5.74) is 2.37. The van der Waals surface area contributed by atoms with Crippen molar-refractivity contribution in [3.63, 3.8) is 0 Å². The number of urea groups is 1. The topological polar surface area (TPSA) is 57.6 Å². The van der Waals surface area contributed by atoms with Crippen molar-refractivity contribution < 1.29 is 9.59 Å². The number of rotatable bonds is 5. The minimum Gasteiger partial charge on any atom is -0.347 e. The van der Waals surface area contributed by atoms with E-state index in [0.717, 1.165) is 16.5 Å². The maximum Gasteiger partial charge on any atom is 0.321 e. The number of aromatic nitrogens is 1. The van der Waals surface area contributed by atoms with E-state index in [1.165, 1.54) is 4.90 Å². The zero-order valence-electron chi connectivity index (χ0n) is 16.4.